The highest BCUT2D eigenvalue weighted by Gasteiger charge is 2.30. The lowest BCUT2D eigenvalue weighted by Gasteiger charge is -2.24. The molecule has 1 aromatic rings. The third-order valence-corrected chi connectivity index (χ3v) is 4.23. The highest BCUT2D eigenvalue weighted by molar-refractivity contribution is 7.80. The zero-order valence-electron chi connectivity index (χ0n) is 16.1. The van der Waals surface area contributed by atoms with Crippen molar-refractivity contribution in [2.75, 3.05) is 5.75 Å². The van der Waals surface area contributed by atoms with Gasteiger partial charge in [-0.05, 0) is 6.92 Å². The summed E-state index contributed by atoms with van der Waals surface area (Å²) < 4.78 is 0. The van der Waals surface area contributed by atoms with E-state index in [0.717, 1.165) is 0 Å². The molecule has 4 amide bonds. The predicted octanol–water partition coefficient (Wildman–Crippen LogP) is -3.36. The summed E-state index contributed by atoms with van der Waals surface area (Å²) in [5.74, 6) is -4.74. The molecule has 0 aliphatic heterocycles. The number of imidazole rings is 1. The van der Waals surface area contributed by atoms with E-state index in [0.29, 0.717) is 5.69 Å². The third-order valence-electron chi connectivity index (χ3n) is 3.86. The Bertz CT molecular complexity index is 770. The minimum absolute atomic E-state index is 0.0684. The average molecular weight is 443 g/mol. The first-order valence-electron chi connectivity index (χ1n) is 8.81. The second kappa shape index (κ2) is 11.8. The molecule has 0 fully saturated rings. The van der Waals surface area contributed by atoms with Crippen LogP contribution in [0.4, 0.5) is 0 Å². The van der Waals surface area contributed by atoms with Crippen molar-refractivity contribution in [2.24, 2.45) is 11.5 Å². The maximum absolute atomic E-state index is 12.7. The fourth-order valence-electron chi connectivity index (χ4n) is 2.27. The van der Waals surface area contributed by atoms with Crippen LogP contribution in [0.2, 0.25) is 0 Å². The lowest BCUT2D eigenvalue weighted by Crippen LogP contribution is -2.58. The molecule has 0 aliphatic carbocycles. The molecular weight excluding hydrogens is 418 g/mol. The van der Waals surface area contributed by atoms with E-state index in [1.165, 1.54) is 19.4 Å². The first kappa shape index (κ1) is 24.9. The molecule has 0 bridgehead atoms. The maximum Gasteiger partial charge on any atom is 0.327 e. The monoisotopic (exact) mass is 443 g/mol. The topological polar surface area (TPSA) is 222 Å². The van der Waals surface area contributed by atoms with Gasteiger partial charge in [-0.2, -0.15) is 12.6 Å². The largest absolute Gasteiger partial charge is 0.480 e. The van der Waals surface area contributed by atoms with E-state index in [2.05, 4.69) is 38.5 Å². The van der Waals surface area contributed by atoms with Crippen LogP contribution in [0, 0.1) is 0 Å². The fraction of sp³-hybridized carbons (Fsp3) is 0.500. The Kier molecular flexibility index (Phi) is 9.77. The van der Waals surface area contributed by atoms with E-state index >= 15 is 0 Å². The van der Waals surface area contributed by atoms with Crippen LogP contribution < -0.4 is 27.4 Å². The Morgan fingerprint density at radius 2 is 1.67 bits per heavy atom. The predicted molar refractivity (Wildman–Crippen MR) is 107 cm³/mol. The number of nitrogens with zero attached hydrogens (tertiary/aromatic N) is 1. The van der Waals surface area contributed by atoms with Crippen molar-refractivity contribution in [3.05, 3.63) is 18.2 Å². The number of carbonyl (C=O) groups excluding carboxylic acids is 4. The van der Waals surface area contributed by atoms with Crippen LogP contribution in [0.1, 0.15) is 19.0 Å². The van der Waals surface area contributed by atoms with Gasteiger partial charge in [-0.1, -0.05) is 0 Å². The van der Waals surface area contributed by atoms with Gasteiger partial charge in [0.2, 0.25) is 23.6 Å². The quantitative estimate of drug-likeness (QED) is 0.152. The summed E-state index contributed by atoms with van der Waals surface area (Å²) >= 11 is 3.87. The maximum atomic E-state index is 12.7. The van der Waals surface area contributed by atoms with Crippen LogP contribution in [0.25, 0.3) is 0 Å². The summed E-state index contributed by atoms with van der Waals surface area (Å²) in [6, 6.07) is -4.87. The lowest BCUT2D eigenvalue weighted by molar-refractivity contribution is -0.141. The van der Waals surface area contributed by atoms with Crippen molar-refractivity contribution < 1.29 is 29.1 Å². The lowest BCUT2D eigenvalue weighted by atomic mass is 10.1. The van der Waals surface area contributed by atoms with E-state index in [9.17, 15) is 24.0 Å². The van der Waals surface area contributed by atoms with E-state index < -0.39 is 60.2 Å². The number of hydrogen-bond acceptors (Lipinski definition) is 8. The van der Waals surface area contributed by atoms with Gasteiger partial charge in [0.15, 0.2) is 0 Å². The Balaban J connectivity index is 3.02. The second-order valence-electron chi connectivity index (χ2n) is 6.44. The first-order chi connectivity index (χ1) is 14.0. The molecule has 166 valence electrons. The summed E-state index contributed by atoms with van der Waals surface area (Å²) in [5, 5.41) is 16.0. The van der Waals surface area contributed by atoms with Crippen LogP contribution in [-0.2, 0) is 30.4 Å². The SMILES string of the molecule is CC(N)C(=O)NC(CC(N)=O)C(=O)NC(Cc1cnc[nH]1)C(=O)NC(CS)C(=O)O. The molecule has 1 aromatic heterocycles. The number of carboxylic acid groups (broad SMARTS) is 1. The van der Waals surface area contributed by atoms with Gasteiger partial charge in [0.1, 0.15) is 18.1 Å². The number of carbonyl (C=O) groups is 5. The fourth-order valence-corrected chi connectivity index (χ4v) is 2.52. The molecule has 9 N–H and O–H groups in total. The van der Waals surface area contributed by atoms with Gasteiger partial charge in [0.05, 0.1) is 18.8 Å². The number of carboxylic acids is 1. The summed E-state index contributed by atoms with van der Waals surface area (Å²) in [6.07, 6.45) is 2.18. The molecule has 13 nitrogen and oxygen atoms in total. The first-order valence-corrected chi connectivity index (χ1v) is 9.44. The average Bonchev–Trinajstić information content (AvgIpc) is 3.16. The Morgan fingerprint density at radius 3 is 2.13 bits per heavy atom. The van der Waals surface area contributed by atoms with Crippen molar-refractivity contribution in [3.63, 3.8) is 0 Å². The van der Waals surface area contributed by atoms with Crippen molar-refractivity contribution in [1.29, 1.82) is 0 Å². The summed E-state index contributed by atoms with van der Waals surface area (Å²) in [4.78, 5) is 66.1. The molecular formula is C16H25N7O6S. The van der Waals surface area contributed by atoms with E-state index in [1.807, 2.05) is 0 Å². The Hall–Kier alpha value is -3.13. The molecule has 0 aromatic carbocycles. The van der Waals surface area contributed by atoms with E-state index in [4.69, 9.17) is 16.6 Å². The third kappa shape index (κ3) is 8.08. The molecule has 30 heavy (non-hydrogen) atoms. The number of aromatic nitrogens is 2. The van der Waals surface area contributed by atoms with Gasteiger partial charge in [-0.3, -0.25) is 19.2 Å². The normalized spacial score (nSPS) is 14.6. The molecule has 0 aliphatic rings. The number of aliphatic carboxylic acids is 1. The van der Waals surface area contributed by atoms with Gasteiger partial charge in [-0.25, -0.2) is 9.78 Å². The van der Waals surface area contributed by atoms with Crippen molar-refractivity contribution in [2.45, 2.75) is 43.9 Å². The molecule has 1 rings (SSSR count). The molecule has 4 unspecified atom stereocenters. The second-order valence-corrected chi connectivity index (χ2v) is 6.81. The Labute approximate surface area is 177 Å². The van der Waals surface area contributed by atoms with E-state index in [-0.39, 0.29) is 12.2 Å². The number of rotatable bonds is 12. The van der Waals surface area contributed by atoms with Crippen LogP contribution in [-0.4, -0.2) is 74.6 Å². The summed E-state index contributed by atoms with van der Waals surface area (Å²) in [5.41, 5.74) is 11.1. The number of primary amides is 1. The van der Waals surface area contributed by atoms with Crippen LogP contribution >= 0.6 is 12.6 Å². The van der Waals surface area contributed by atoms with Gasteiger partial charge < -0.3 is 37.5 Å². The van der Waals surface area contributed by atoms with Gasteiger partial charge in [0, 0.05) is 24.1 Å². The molecule has 0 radical (unpaired) electrons. The van der Waals surface area contributed by atoms with Crippen molar-refractivity contribution in [1.82, 2.24) is 25.9 Å². The van der Waals surface area contributed by atoms with Crippen LogP contribution in [0.3, 0.4) is 0 Å². The molecule has 0 spiro atoms. The van der Waals surface area contributed by atoms with Gasteiger partial charge in [-0.15, -0.1) is 0 Å². The van der Waals surface area contributed by atoms with Crippen LogP contribution in [0.5, 0.6) is 0 Å². The standard InChI is InChI=1S/C16H25N7O6S/c1-7(17)13(25)21-10(3-12(18)24)15(27)22-9(2-8-4-19-6-20-8)14(26)23-11(5-30)16(28)29/h4,6-7,9-11,30H,2-3,5,17H2,1H3,(H2,18,24)(H,19,20)(H,21,25)(H,22,27)(H,23,26)(H,28,29). The molecule has 4 atom stereocenters. The summed E-state index contributed by atoms with van der Waals surface area (Å²) in [6.45, 7) is 1.38. The number of nitrogens with one attached hydrogen (secondary N) is 4. The minimum Gasteiger partial charge on any atom is -0.480 e. The van der Waals surface area contributed by atoms with Crippen LogP contribution in [0.15, 0.2) is 12.5 Å². The molecule has 1 heterocycles. The smallest absolute Gasteiger partial charge is 0.327 e. The number of aromatic amines is 1. The number of thiol groups is 1. The highest BCUT2D eigenvalue weighted by atomic mass is 32.1. The zero-order chi connectivity index (χ0) is 22.8. The molecule has 0 saturated carbocycles. The minimum atomic E-state index is -1.38. The summed E-state index contributed by atoms with van der Waals surface area (Å²) in [7, 11) is 0. The Morgan fingerprint density at radius 1 is 1.10 bits per heavy atom. The molecule has 0 saturated heterocycles. The number of hydrogen-bond donors (Lipinski definition) is 8. The highest BCUT2D eigenvalue weighted by Crippen LogP contribution is 2.03. The van der Waals surface area contributed by atoms with E-state index in [1.54, 1.807) is 0 Å². The van der Waals surface area contributed by atoms with Gasteiger partial charge >= 0.3 is 5.97 Å². The molecule has 14 heteroatoms. The van der Waals surface area contributed by atoms with Crippen molar-refractivity contribution >= 4 is 42.2 Å². The zero-order valence-corrected chi connectivity index (χ0v) is 17.0. The number of nitrogens with two attached hydrogens (primary N) is 2. The van der Waals surface area contributed by atoms with Crippen molar-refractivity contribution in [3.8, 4) is 0 Å². The number of amides is 4. The number of H-pyrrole nitrogens is 1. The van der Waals surface area contributed by atoms with Gasteiger partial charge in [0.25, 0.3) is 0 Å².